The van der Waals surface area contributed by atoms with Gasteiger partial charge in [-0.05, 0) is 18.2 Å². The van der Waals surface area contributed by atoms with Crippen LogP contribution in [0.5, 0.6) is 11.5 Å². The van der Waals surface area contributed by atoms with Crippen LogP contribution in [0.2, 0.25) is 0 Å². The Balaban J connectivity index is 2.40. The van der Waals surface area contributed by atoms with Crippen LogP contribution in [-0.2, 0) is 6.61 Å². The molecule has 0 unspecified atom stereocenters. The zero-order chi connectivity index (χ0) is 10.8. The molecule has 0 radical (unpaired) electrons. The van der Waals surface area contributed by atoms with Crippen molar-refractivity contribution in [2.75, 3.05) is 0 Å². The monoisotopic (exact) mass is 223 g/mol. The van der Waals surface area contributed by atoms with Gasteiger partial charge in [0.1, 0.15) is 5.01 Å². The lowest BCUT2D eigenvalue weighted by molar-refractivity contribution is 0.278. The van der Waals surface area contributed by atoms with Gasteiger partial charge in [0.05, 0.1) is 12.3 Å². The second kappa shape index (κ2) is 3.88. The highest BCUT2D eigenvalue weighted by Crippen LogP contribution is 2.31. The molecule has 2 aromatic rings. The summed E-state index contributed by atoms with van der Waals surface area (Å²) in [6.45, 7) is -0.0967. The molecule has 0 spiro atoms. The molecule has 4 nitrogen and oxygen atoms in total. The number of rotatable bonds is 2. The highest BCUT2D eigenvalue weighted by atomic mass is 32.1. The van der Waals surface area contributed by atoms with Gasteiger partial charge >= 0.3 is 0 Å². The van der Waals surface area contributed by atoms with E-state index in [1.54, 1.807) is 11.4 Å². The van der Waals surface area contributed by atoms with E-state index >= 15 is 0 Å². The maximum Gasteiger partial charge on any atom is 0.158 e. The molecule has 2 rings (SSSR count). The number of hydrogen-bond donors (Lipinski definition) is 3. The zero-order valence-corrected chi connectivity index (χ0v) is 8.53. The van der Waals surface area contributed by atoms with E-state index in [9.17, 15) is 5.11 Å². The quantitative estimate of drug-likeness (QED) is 0.678. The topological polar surface area (TPSA) is 73.6 Å². The normalized spacial score (nSPS) is 10.5. The van der Waals surface area contributed by atoms with E-state index < -0.39 is 0 Å². The van der Waals surface area contributed by atoms with Crippen LogP contribution in [0, 0.1) is 0 Å². The van der Waals surface area contributed by atoms with Crippen LogP contribution in [0.15, 0.2) is 23.6 Å². The number of thiazole rings is 1. The number of aliphatic hydroxyl groups is 1. The Labute approximate surface area is 90.1 Å². The highest BCUT2D eigenvalue weighted by molar-refractivity contribution is 7.13. The first-order valence-electron chi connectivity index (χ1n) is 4.28. The van der Waals surface area contributed by atoms with Crippen LogP contribution >= 0.6 is 11.3 Å². The number of aromatic nitrogens is 1. The van der Waals surface area contributed by atoms with E-state index in [1.807, 2.05) is 0 Å². The third-order valence-electron chi connectivity index (χ3n) is 1.94. The summed E-state index contributed by atoms with van der Waals surface area (Å²) in [5.41, 5.74) is 1.32. The Morgan fingerprint density at radius 3 is 2.60 bits per heavy atom. The van der Waals surface area contributed by atoms with Crippen molar-refractivity contribution in [2.24, 2.45) is 0 Å². The van der Waals surface area contributed by atoms with E-state index in [1.165, 1.54) is 23.5 Å². The SMILES string of the molecule is OCc1csc(-c2ccc(O)c(O)c2)n1. The largest absolute Gasteiger partial charge is 0.504 e. The first-order valence-corrected chi connectivity index (χ1v) is 5.16. The van der Waals surface area contributed by atoms with E-state index in [0.717, 1.165) is 5.56 Å². The number of benzene rings is 1. The van der Waals surface area contributed by atoms with E-state index in [0.29, 0.717) is 10.7 Å². The van der Waals surface area contributed by atoms with Crippen LogP contribution in [0.3, 0.4) is 0 Å². The van der Waals surface area contributed by atoms with Crippen molar-refractivity contribution in [3.8, 4) is 22.1 Å². The minimum absolute atomic E-state index is 0.0967. The minimum atomic E-state index is -0.173. The summed E-state index contributed by atoms with van der Waals surface area (Å²) in [5, 5.41) is 29.7. The minimum Gasteiger partial charge on any atom is -0.504 e. The molecule has 0 aliphatic rings. The van der Waals surface area contributed by atoms with Crippen LogP contribution < -0.4 is 0 Å². The van der Waals surface area contributed by atoms with Crippen molar-refractivity contribution < 1.29 is 15.3 Å². The molecular weight excluding hydrogens is 214 g/mol. The van der Waals surface area contributed by atoms with Gasteiger partial charge in [-0.1, -0.05) is 0 Å². The molecule has 3 N–H and O–H groups in total. The Morgan fingerprint density at radius 1 is 1.20 bits per heavy atom. The van der Waals surface area contributed by atoms with Gasteiger partial charge in [0.2, 0.25) is 0 Å². The molecule has 0 amide bonds. The van der Waals surface area contributed by atoms with Gasteiger partial charge < -0.3 is 15.3 Å². The zero-order valence-electron chi connectivity index (χ0n) is 7.71. The maximum absolute atomic E-state index is 9.30. The Morgan fingerprint density at radius 2 is 2.00 bits per heavy atom. The fourth-order valence-electron chi connectivity index (χ4n) is 1.17. The first kappa shape index (κ1) is 9.95. The average Bonchev–Trinajstić information content (AvgIpc) is 2.70. The summed E-state index contributed by atoms with van der Waals surface area (Å²) in [4.78, 5) is 4.15. The van der Waals surface area contributed by atoms with Gasteiger partial charge in [-0.2, -0.15) is 0 Å². The van der Waals surface area contributed by atoms with Crippen LogP contribution in [0.25, 0.3) is 10.6 Å². The summed E-state index contributed by atoms with van der Waals surface area (Å²) in [5.74, 6) is -0.328. The predicted octanol–water partition coefficient (Wildman–Crippen LogP) is 1.71. The van der Waals surface area contributed by atoms with Crippen LogP contribution in [-0.4, -0.2) is 20.3 Å². The van der Waals surface area contributed by atoms with Crippen molar-refractivity contribution in [3.05, 3.63) is 29.3 Å². The number of aromatic hydroxyl groups is 2. The van der Waals surface area contributed by atoms with Crippen molar-refractivity contribution in [2.45, 2.75) is 6.61 Å². The van der Waals surface area contributed by atoms with E-state index in [-0.39, 0.29) is 18.1 Å². The molecule has 1 aromatic carbocycles. The summed E-state index contributed by atoms with van der Waals surface area (Å²) in [6.07, 6.45) is 0. The average molecular weight is 223 g/mol. The van der Waals surface area contributed by atoms with Gasteiger partial charge in [0.25, 0.3) is 0 Å². The molecule has 1 aromatic heterocycles. The second-order valence-corrected chi connectivity index (χ2v) is 3.86. The lowest BCUT2D eigenvalue weighted by Gasteiger charge is -1.99. The molecule has 0 saturated heterocycles. The number of phenolic OH excluding ortho intramolecular Hbond substituents is 2. The van der Waals surface area contributed by atoms with Gasteiger partial charge in [0.15, 0.2) is 11.5 Å². The van der Waals surface area contributed by atoms with Crippen molar-refractivity contribution in [1.82, 2.24) is 4.98 Å². The molecule has 0 atom stereocenters. The molecule has 0 bridgehead atoms. The van der Waals surface area contributed by atoms with Gasteiger partial charge in [-0.3, -0.25) is 0 Å². The Kier molecular flexibility index (Phi) is 2.57. The lowest BCUT2D eigenvalue weighted by Crippen LogP contribution is -1.82. The van der Waals surface area contributed by atoms with E-state index in [2.05, 4.69) is 4.98 Å². The summed E-state index contributed by atoms with van der Waals surface area (Å²) >= 11 is 1.38. The van der Waals surface area contributed by atoms with Gasteiger partial charge in [-0.15, -0.1) is 11.3 Å². The number of aliphatic hydroxyl groups excluding tert-OH is 1. The van der Waals surface area contributed by atoms with Gasteiger partial charge in [-0.25, -0.2) is 4.98 Å². The Hall–Kier alpha value is -1.59. The number of hydrogen-bond acceptors (Lipinski definition) is 5. The Bertz CT molecular complexity index is 481. The molecule has 0 aliphatic heterocycles. The fraction of sp³-hybridized carbons (Fsp3) is 0.100. The van der Waals surface area contributed by atoms with Crippen molar-refractivity contribution in [3.63, 3.8) is 0 Å². The molecule has 15 heavy (non-hydrogen) atoms. The highest BCUT2D eigenvalue weighted by Gasteiger charge is 2.06. The molecular formula is C10H9NO3S. The van der Waals surface area contributed by atoms with Crippen molar-refractivity contribution in [1.29, 1.82) is 0 Å². The molecule has 0 saturated carbocycles. The summed E-state index contributed by atoms with van der Waals surface area (Å²) in [6, 6.07) is 4.51. The predicted molar refractivity (Wildman–Crippen MR) is 56.8 cm³/mol. The van der Waals surface area contributed by atoms with Crippen LogP contribution in [0.4, 0.5) is 0 Å². The summed E-state index contributed by atoms with van der Waals surface area (Å²) < 4.78 is 0. The third kappa shape index (κ3) is 1.93. The summed E-state index contributed by atoms with van der Waals surface area (Å²) in [7, 11) is 0. The fourth-order valence-corrected chi connectivity index (χ4v) is 1.98. The smallest absolute Gasteiger partial charge is 0.158 e. The lowest BCUT2D eigenvalue weighted by atomic mass is 10.2. The van der Waals surface area contributed by atoms with Gasteiger partial charge in [0, 0.05) is 10.9 Å². The standard InChI is InChI=1S/C10H9NO3S/c12-4-7-5-15-10(11-7)6-1-2-8(13)9(14)3-6/h1-3,5,12-14H,4H2. The number of nitrogens with zero attached hydrogens (tertiary/aromatic N) is 1. The molecule has 0 fully saturated rings. The van der Waals surface area contributed by atoms with Crippen molar-refractivity contribution >= 4 is 11.3 Å². The third-order valence-corrected chi connectivity index (χ3v) is 2.88. The molecule has 78 valence electrons. The second-order valence-electron chi connectivity index (χ2n) is 3.01. The molecule has 5 heteroatoms. The molecule has 1 heterocycles. The van der Waals surface area contributed by atoms with E-state index in [4.69, 9.17) is 10.2 Å². The molecule has 0 aliphatic carbocycles. The first-order chi connectivity index (χ1) is 7.20. The number of phenols is 2. The van der Waals surface area contributed by atoms with Crippen LogP contribution in [0.1, 0.15) is 5.69 Å². The maximum atomic E-state index is 9.30.